The highest BCUT2D eigenvalue weighted by Gasteiger charge is 2.34. The van der Waals surface area contributed by atoms with Crippen molar-refractivity contribution >= 4 is 25.2 Å². The average molecular weight is 971 g/mol. The Bertz CT molecular complexity index is 3080. The molecule has 68 heavy (non-hydrogen) atoms. The van der Waals surface area contributed by atoms with Gasteiger partial charge in [0, 0.05) is 23.8 Å². The van der Waals surface area contributed by atoms with Crippen LogP contribution < -0.4 is 30.1 Å². The molecule has 2 aromatic carbocycles. The van der Waals surface area contributed by atoms with Crippen molar-refractivity contribution in [2.24, 2.45) is 0 Å². The van der Waals surface area contributed by atoms with Gasteiger partial charge < -0.3 is 39.1 Å². The van der Waals surface area contributed by atoms with Gasteiger partial charge in [-0.3, -0.25) is 9.59 Å². The maximum Gasteiger partial charge on any atom is 0.271 e. The number of allylic oxidation sites excluding steroid dienone is 1. The van der Waals surface area contributed by atoms with Gasteiger partial charge in [0.15, 0.2) is 19.8 Å². The molecule has 0 fully saturated rings. The Morgan fingerprint density at radius 3 is 1.29 bits per heavy atom. The van der Waals surface area contributed by atoms with Gasteiger partial charge in [-0.15, -0.1) is 0 Å². The highest BCUT2D eigenvalue weighted by atomic mass is 32.2. The molecule has 0 aliphatic carbocycles. The number of hydrogen-bond donors (Lipinski definition) is 4. The van der Waals surface area contributed by atoms with Crippen LogP contribution in [0.3, 0.4) is 0 Å². The second-order valence-corrected chi connectivity index (χ2v) is 19.7. The van der Waals surface area contributed by atoms with Crippen molar-refractivity contribution in [2.75, 3.05) is 28.4 Å². The molecule has 0 saturated carbocycles. The third-order valence-corrected chi connectivity index (χ3v) is 14.5. The number of aryl methyl sites for hydroxylation is 2. The fourth-order valence-corrected chi connectivity index (χ4v) is 10.0. The van der Waals surface area contributed by atoms with Crippen LogP contribution in [0, 0.1) is 0 Å². The fourth-order valence-electron chi connectivity index (χ4n) is 7.45. The summed E-state index contributed by atoms with van der Waals surface area (Å²) in [5.41, 5.74) is 2.16. The number of aromatic nitrogens is 4. The summed E-state index contributed by atoms with van der Waals surface area (Å²) in [7, 11) is -3.06. The van der Waals surface area contributed by atoms with E-state index in [0.717, 1.165) is 18.4 Å². The standard InChI is InChI=1S/C25H30N2O6S.C25H28N2O6S/c2*1-6-7-9-17-21(22-18(32-4)10-8-11-19(22)33-5)23(28)24(25(29)27-17)34(30,31)20-13-12-16(14-26-20)15(2)3/h8,10-15H,6-7,9H2,1-5H3,(H2,27,28,29);8,10-14H,2,6-7,9H2,1,3-5H3,(H2,27,28,29). The third-order valence-electron chi connectivity index (χ3n) is 11.1. The maximum absolute atomic E-state index is 13.5. The molecular formula is C50H58N4O12S2. The Hall–Kier alpha value is -6.92. The van der Waals surface area contributed by atoms with Gasteiger partial charge in [-0.1, -0.05) is 71.4 Å². The van der Waals surface area contributed by atoms with E-state index < -0.39 is 52.1 Å². The van der Waals surface area contributed by atoms with Crippen LogP contribution in [0.1, 0.15) is 88.7 Å². The normalized spacial score (nSPS) is 11.4. The smallest absolute Gasteiger partial charge is 0.271 e. The van der Waals surface area contributed by atoms with Crippen molar-refractivity contribution in [1.29, 1.82) is 0 Å². The van der Waals surface area contributed by atoms with Gasteiger partial charge in [0.1, 0.15) is 34.5 Å². The number of ether oxygens (including phenoxy) is 4. The van der Waals surface area contributed by atoms with Gasteiger partial charge in [-0.05, 0) is 91.6 Å². The zero-order chi connectivity index (χ0) is 50.1. The number of unbranched alkanes of at least 4 members (excludes halogenated alkanes) is 2. The highest BCUT2D eigenvalue weighted by molar-refractivity contribution is 7.91. The lowest BCUT2D eigenvalue weighted by atomic mass is 9.98. The summed E-state index contributed by atoms with van der Waals surface area (Å²) in [5.74, 6) is 0.252. The molecule has 0 saturated heterocycles. The van der Waals surface area contributed by atoms with Crippen molar-refractivity contribution in [3.05, 3.63) is 123 Å². The van der Waals surface area contributed by atoms with E-state index in [-0.39, 0.29) is 27.1 Å². The van der Waals surface area contributed by atoms with Crippen LogP contribution >= 0.6 is 0 Å². The lowest BCUT2D eigenvalue weighted by Crippen LogP contribution is -2.21. The van der Waals surface area contributed by atoms with Crippen molar-refractivity contribution in [3.8, 4) is 56.8 Å². The van der Waals surface area contributed by atoms with E-state index in [1.54, 1.807) is 55.5 Å². The summed E-state index contributed by atoms with van der Waals surface area (Å²) >= 11 is 0. The number of rotatable bonds is 18. The largest absolute Gasteiger partial charge is 0.506 e. The fraction of sp³-hybridized carbons (Fsp3) is 0.320. The van der Waals surface area contributed by atoms with Crippen LogP contribution in [0.4, 0.5) is 0 Å². The molecule has 0 spiro atoms. The number of sulfone groups is 2. The van der Waals surface area contributed by atoms with Crippen LogP contribution in [-0.4, -0.2) is 75.4 Å². The first-order valence-electron chi connectivity index (χ1n) is 21.8. The number of aromatic hydroxyl groups is 2. The second-order valence-electron chi connectivity index (χ2n) is 16.0. The summed E-state index contributed by atoms with van der Waals surface area (Å²) in [6.07, 6.45) is 6.71. The molecule has 0 bridgehead atoms. The molecular weight excluding hydrogens is 913 g/mol. The number of pyridine rings is 4. The number of nitrogens with one attached hydrogen (secondary N) is 2. The molecule has 4 heterocycles. The molecule has 6 aromatic rings. The van der Waals surface area contributed by atoms with Crippen molar-refractivity contribution in [2.45, 2.75) is 98.9 Å². The van der Waals surface area contributed by atoms with Crippen molar-refractivity contribution in [1.82, 2.24) is 19.9 Å². The van der Waals surface area contributed by atoms with E-state index in [0.29, 0.717) is 82.3 Å². The zero-order valence-electron chi connectivity index (χ0n) is 39.6. The maximum atomic E-state index is 13.5. The second kappa shape index (κ2) is 22.3. The van der Waals surface area contributed by atoms with E-state index in [2.05, 4.69) is 26.5 Å². The minimum Gasteiger partial charge on any atom is -0.506 e. The van der Waals surface area contributed by atoms with Crippen LogP contribution in [-0.2, 0) is 32.5 Å². The van der Waals surface area contributed by atoms with Crippen molar-refractivity contribution in [3.63, 3.8) is 0 Å². The highest BCUT2D eigenvalue weighted by Crippen LogP contribution is 2.47. The van der Waals surface area contributed by atoms with Gasteiger partial charge in [-0.25, -0.2) is 26.8 Å². The van der Waals surface area contributed by atoms with E-state index in [1.165, 1.54) is 53.0 Å². The molecule has 0 aliphatic heterocycles. The van der Waals surface area contributed by atoms with Gasteiger partial charge in [0.25, 0.3) is 11.1 Å². The Labute approximate surface area is 396 Å². The summed E-state index contributed by atoms with van der Waals surface area (Å²) < 4.78 is 75.8. The molecule has 0 amide bonds. The number of hydrogen-bond acceptors (Lipinski definition) is 14. The number of benzene rings is 2. The van der Waals surface area contributed by atoms with Crippen molar-refractivity contribution < 1.29 is 46.0 Å². The lowest BCUT2D eigenvalue weighted by molar-refractivity contribution is 0.395. The minimum absolute atomic E-state index is 0.138. The molecule has 4 aromatic heterocycles. The number of H-pyrrole nitrogens is 2. The molecule has 0 atom stereocenters. The predicted octanol–water partition coefficient (Wildman–Crippen LogP) is 8.83. The quantitative estimate of drug-likeness (QED) is 0.0630. The van der Waals surface area contributed by atoms with E-state index in [1.807, 2.05) is 27.7 Å². The van der Waals surface area contributed by atoms with Crippen LogP contribution in [0.5, 0.6) is 34.5 Å². The molecule has 16 nitrogen and oxygen atoms in total. The lowest BCUT2D eigenvalue weighted by Gasteiger charge is -2.19. The van der Waals surface area contributed by atoms with E-state index in [4.69, 9.17) is 18.9 Å². The SMILES string of the molecule is C=C(C)c1ccc(S(=O)(=O)c2c(O)c(-c3c(OC)cccc3OC)c(CCCC)[nH]c2=O)nc1.CCCCc1[nH]c(=O)c(S(=O)(=O)c2ccc(C(C)C)cn2)c(O)c1-c1c(OC)cccc1OC. The van der Waals surface area contributed by atoms with Crippen LogP contribution in [0.25, 0.3) is 27.8 Å². The Kier molecular flexibility index (Phi) is 17.0. The summed E-state index contributed by atoms with van der Waals surface area (Å²) in [5, 5.41) is 22.0. The number of nitrogens with zero attached hydrogens (tertiary/aromatic N) is 2. The molecule has 0 radical (unpaired) electrons. The Morgan fingerprint density at radius 1 is 0.618 bits per heavy atom. The van der Waals surface area contributed by atoms with Crippen LogP contribution in [0.15, 0.2) is 109 Å². The third kappa shape index (κ3) is 10.6. The van der Waals surface area contributed by atoms with E-state index >= 15 is 0 Å². The number of aromatic amines is 2. The monoisotopic (exact) mass is 970 g/mol. The van der Waals surface area contributed by atoms with Gasteiger partial charge in [-0.2, -0.15) is 0 Å². The Morgan fingerprint density at radius 2 is 1.00 bits per heavy atom. The van der Waals surface area contributed by atoms with Gasteiger partial charge in [0.2, 0.25) is 19.7 Å². The first kappa shape index (κ1) is 52.1. The zero-order valence-corrected chi connectivity index (χ0v) is 41.3. The molecule has 362 valence electrons. The minimum atomic E-state index is -4.47. The predicted molar refractivity (Wildman–Crippen MR) is 260 cm³/mol. The molecule has 18 heteroatoms. The first-order valence-corrected chi connectivity index (χ1v) is 24.8. The van der Waals surface area contributed by atoms with Gasteiger partial charge in [0.05, 0.1) is 50.7 Å². The summed E-state index contributed by atoms with van der Waals surface area (Å²) in [4.78, 5) is 37.9. The average Bonchev–Trinajstić information content (AvgIpc) is 3.32. The first-order chi connectivity index (χ1) is 32.3. The van der Waals surface area contributed by atoms with E-state index in [9.17, 15) is 36.6 Å². The summed E-state index contributed by atoms with van der Waals surface area (Å²) in [6, 6.07) is 15.9. The molecule has 0 aliphatic rings. The topological polar surface area (TPSA) is 237 Å². The molecule has 4 N–H and O–H groups in total. The van der Waals surface area contributed by atoms with Crippen LogP contribution in [0.2, 0.25) is 0 Å². The Balaban J connectivity index is 0.000000254. The summed E-state index contributed by atoms with van der Waals surface area (Å²) in [6.45, 7) is 13.5. The van der Waals surface area contributed by atoms with Gasteiger partial charge >= 0.3 is 0 Å². The molecule has 6 rings (SSSR count). The number of methoxy groups -OCH3 is 4. The molecule has 0 unspecified atom stereocenters.